The van der Waals surface area contributed by atoms with Gasteiger partial charge in [0.25, 0.3) is 0 Å². The number of para-hydroxylation sites is 1. The second-order valence-electron chi connectivity index (χ2n) is 2.64. The molecular weight excluding hydrogens is 229 g/mol. The van der Waals surface area contributed by atoms with E-state index >= 15 is 0 Å². The summed E-state index contributed by atoms with van der Waals surface area (Å²) in [6, 6.07) is 5.60. The summed E-state index contributed by atoms with van der Waals surface area (Å²) in [6.45, 7) is 0. The number of nitrogens with zero attached hydrogens (tertiary/aromatic N) is 1. The quantitative estimate of drug-likeness (QED) is 0.752. The van der Waals surface area contributed by atoms with Crippen LogP contribution in [0.5, 0.6) is 0 Å². The smallest absolute Gasteiger partial charge is 0.249 e. The molecule has 3 nitrogen and oxygen atoms in total. The molecule has 1 aromatic rings. The van der Waals surface area contributed by atoms with Gasteiger partial charge in [0.1, 0.15) is 11.0 Å². The average Bonchev–Trinajstić information content (AvgIpc) is 2.17. The van der Waals surface area contributed by atoms with Crippen LogP contribution in [0, 0.1) is 5.82 Å². The third kappa shape index (κ3) is 2.16. The first-order valence-corrected chi connectivity index (χ1v) is 5.90. The highest BCUT2D eigenvalue weighted by atomic mass is 35.5. The molecule has 0 saturated heterocycles. The van der Waals surface area contributed by atoms with Crippen LogP contribution >= 0.6 is 11.6 Å². The highest BCUT2D eigenvalue weighted by molar-refractivity contribution is 7.93. The van der Waals surface area contributed by atoms with Crippen LogP contribution in [-0.4, -0.2) is 20.7 Å². The van der Waals surface area contributed by atoms with Crippen molar-refractivity contribution in [3.63, 3.8) is 0 Å². The van der Waals surface area contributed by atoms with Gasteiger partial charge >= 0.3 is 0 Å². The molecule has 78 valence electrons. The number of anilines is 1. The van der Waals surface area contributed by atoms with Gasteiger partial charge in [0.2, 0.25) is 10.0 Å². The molecule has 0 unspecified atom stereocenters. The van der Waals surface area contributed by atoms with Gasteiger partial charge in [-0.05, 0) is 12.1 Å². The number of hydrogen-bond donors (Lipinski definition) is 0. The van der Waals surface area contributed by atoms with Gasteiger partial charge < -0.3 is 0 Å². The molecule has 0 aliphatic rings. The highest BCUT2D eigenvalue weighted by Gasteiger charge is 2.19. The largest absolute Gasteiger partial charge is 0.269 e. The third-order valence-electron chi connectivity index (χ3n) is 1.75. The first kappa shape index (κ1) is 11.3. The fourth-order valence-electron chi connectivity index (χ4n) is 0.930. The lowest BCUT2D eigenvalue weighted by molar-refractivity contribution is 0.593. The summed E-state index contributed by atoms with van der Waals surface area (Å²) in [5.41, 5.74) is -0.00634. The summed E-state index contributed by atoms with van der Waals surface area (Å²) in [5.74, 6) is -0.594. The molecular formula is C8H9ClFNO2S. The number of hydrogen-bond acceptors (Lipinski definition) is 2. The van der Waals surface area contributed by atoms with Crippen molar-refractivity contribution in [2.24, 2.45) is 0 Å². The Morgan fingerprint density at radius 1 is 1.43 bits per heavy atom. The lowest BCUT2D eigenvalue weighted by atomic mass is 10.3. The molecule has 0 spiro atoms. The maximum Gasteiger partial charge on any atom is 0.249 e. The predicted octanol–water partition coefficient (Wildman–Crippen LogP) is 1.79. The molecule has 0 radical (unpaired) electrons. The molecule has 0 aliphatic heterocycles. The van der Waals surface area contributed by atoms with Crippen LogP contribution in [0.25, 0.3) is 0 Å². The zero-order valence-corrected chi connectivity index (χ0v) is 9.02. The van der Waals surface area contributed by atoms with Crippen LogP contribution < -0.4 is 4.31 Å². The Labute approximate surface area is 87.2 Å². The van der Waals surface area contributed by atoms with E-state index in [-0.39, 0.29) is 5.69 Å². The number of alkyl halides is 1. The van der Waals surface area contributed by atoms with Crippen molar-refractivity contribution in [3.05, 3.63) is 30.1 Å². The van der Waals surface area contributed by atoms with E-state index in [1.165, 1.54) is 25.2 Å². The summed E-state index contributed by atoms with van der Waals surface area (Å²) in [5, 5.41) is -0.572. The molecule has 6 heteroatoms. The first-order valence-electron chi connectivity index (χ1n) is 3.76. The minimum atomic E-state index is -3.61. The van der Waals surface area contributed by atoms with E-state index < -0.39 is 21.1 Å². The lowest BCUT2D eigenvalue weighted by Gasteiger charge is -2.17. The molecule has 14 heavy (non-hydrogen) atoms. The van der Waals surface area contributed by atoms with Crippen LogP contribution in [0.3, 0.4) is 0 Å². The van der Waals surface area contributed by atoms with E-state index in [0.29, 0.717) is 0 Å². The van der Waals surface area contributed by atoms with Crippen LogP contribution in [0.15, 0.2) is 24.3 Å². The van der Waals surface area contributed by atoms with Gasteiger partial charge in [-0.3, -0.25) is 4.31 Å². The molecule has 0 aromatic heterocycles. The predicted molar refractivity (Wildman–Crippen MR) is 54.4 cm³/mol. The van der Waals surface area contributed by atoms with E-state index in [0.717, 1.165) is 4.31 Å². The van der Waals surface area contributed by atoms with Gasteiger partial charge in [-0.15, -0.1) is 11.6 Å². The Morgan fingerprint density at radius 3 is 2.50 bits per heavy atom. The fraction of sp³-hybridized carbons (Fsp3) is 0.250. The third-order valence-corrected chi connectivity index (χ3v) is 3.88. The van der Waals surface area contributed by atoms with Crippen molar-refractivity contribution >= 4 is 27.3 Å². The van der Waals surface area contributed by atoms with Gasteiger partial charge in [-0.1, -0.05) is 12.1 Å². The lowest BCUT2D eigenvalue weighted by Crippen LogP contribution is -2.28. The second-order valence-corrected chi connectivity index (χ2v) is 5.22. The number of rotatable bonds is 3. The topological polar surface area (TPSA) is 37.4 Å². The van der Waals surface area contributed by atoms with Crippen molar-refractivity contribution in [2.45, 2.75) is 0 Å². The van der Waals surface area contributed by atoms with E-state index in [2.05, 4.69) is 0 Å². The van der Waals surface area contributed by atoms with E-state index in [1.54, 1.807) is 6.07 Å². The van der Waals surface area contributed by atoms with Crippen molar-refractivity contribution in [1.29, 1.82) is 0 Å². The Balaban J connectivity index is 3.14. The van der Waals surface area contributed by atoms with Gasteiger partial charge in [-0.2, -0.15) is 0 Å². The molecule has 0 heterocycles. The second kappa shape index (κ2) is 4.14. The van der Waals surface area contributed by atoms with Crippen LogP contribution in [-0.2, 0) is 10.0 Å². The molecule has 0 saturated carbocycles. The molecule has 0 atom stereocenters. The molecule has 0 aliphatic carbocycles. The SMILES string of the molecule is CN(c1ccccc1F)S(=O)(=O)CCl. The molecule has 1 aromatic carbocycles. The van der Waals surface area contributed by atoms with Gasteiger partial charge in [0.05, 0.1) is 5.69 Å². The van der Waals surface area contributed by atoms with E-state index in [4.69, 9.17) is 11.6 Å². The van der Waals surface area contributed by atoms with Crippen molar-refractivity contribution in [3.8, 4) is 0 Å². The summed E-state index contributed by atoms with van der Waals surface area (Å²) >= 11 is 5.24. The summed E-state index contributed by atoms with van der Waals surface area (Å²) in [4.78, 5) is 0. The number of halogens is 2. The van der Waals surface area contributed by atoms with Crippen LogP contribution in [0.1, 0.15) is 0 Å². The summed E-state index contributed by atoms with van der Waals surface area (Å²) in [6.07, 6.45) is 0. The normalized spacial score (nSPS) is 11.4. The maximum absolute atomic E-state index is 13.2. The standard InChI is InChI=1S/C8H9ClFNO2S/c1-11(14(12,13)6-9)8-5-3-2-4-7(8)10/h2-5H,6H2,1H3. The summed E-state index contributed by atoms with van der Waals surface area (Å²) in [7, 11) is -2.35. The Kier molecular flexibility index (Phi) is 3.34. The number of benzene rings is 1. The van der Waals surface area contributed by atoms with Crippen molar-refractivity contribution < 1.29 is 12.8 Å². The van der Waals surface area contributed by atoms with Gasteiger partial charge in [-0.25, -0.2) is 12.8 Å². The summed E-state index contributed by atoms with van der Waals surface area (Å²) < 4.78 is 36.5. The first-order chi connectivity index (χ1) is 6.49. The molecule has 1 rings (SSSR count). The van der Waals surface area contributed by atoms with E-state index in [1.807, 2.05) is 0 Å². The fourth-order valence-corrected chi connectivity index (χ4v) is 1.96. The monoisotopic (exact) mass is 237 g/mol. The zero-order chi connectivity index (χ0) is 10.8. The minimum absolute atomic E-state index is 0.00634. The minimum Gasteiger partial charge on any atom is -0.269 e. The van der Waals surface area contributed by atoms with Gasteiger partial charge in [0.15, 0.2) is 0 Å². The Morgan fingerprint density at radius 2 is 2.00 bits per heavy atom. The molecule has 0 fully saturated rings. The molecule has 0 amide bonds. The molecule has 0 bridgehead atoms. The van der Waals surface area contributed by atoms with Gasteiger partial charge in [0, 0.05) is 7.05 Å². The van der Waals surface area contributed by atoms with Crippen LogP contribution in [0.4, 0.5) is 10.1 Å². The van der Waals surface area contributed by atoms with E-state index in [9.17, 15) is 12.8 Å². The molecule has 0 N–H and O–H groups in total. The Hall–Kier alpha value is -0.810. The maximum atomic E-state index is 13.2. The van der Waals surface area contributed by atoms with Crippen molar-refractivity contribution in [1.82, 2.24) is 0 Å². The van der Waals surface area contributed by atoms with Crippen molar-refractivity contribution in [2.75, 3.05) is 16.6 Å². The average molecular weight is 238 g/mol. The van der Waals surface area contributed by atoms with Crippen LogP contribution in [0.2, 0.25) is 0 Å². The Bertz CT molecular complexity index is 421. The highest BCUT2D eigenvalue weighted by Crippen LogP contribution is 2.20. The zero-order valence-electron chi connectivity index (χ0n) is 7.44. The number of sulfonamides is 1.